The fourth-order valence-electron chi connectivity index (χ4n) is 2.62. The average Bonchev–Trinajstić information content (AvgIpc) is 3.15. The third kappa shape index (κ3) is 4.30. The Morgan fingerprint density at radius 2 is 1.67 bits per heavy atom. The van der Waals surface area contributed by atoms with Gasteiger partial charge in [0.05, 0.1) is 16.7 Å². The number of anilines is 1. The molecule has 0 saturated heterocycles. The molecule has 134 valence electrons. The van der Waals surface area contributed by atoms with Gasteiger partial charge in [0.1, 0.15) is 0 Å². The zero-order chi connectivity index (χ0) is 18.5. The zero-order valence-corrected chi connectivity index (χ0v) is 15.3. The van der Waals surface area contributed by atoms with Crippen molar-refractivity contribution in [2.75, 3.05) is 5.43 Å². The standard InChI is InChI=1S/C21H18N4OS/c26-20(25-24-17-6-2-1-3-7-17)16-12-10-15(11-13-16)14-27-21-22-18-8-4-5-9-19(18)23-21/h1-13,24H,14H2,(H,22,23)(H,25,26). The van der Waals surface area contributed by atoms with Crippen LogP contribution in [-0.4, -0.2) is 15.9 Å². The summed E-state index contributed by atoms with van der Waals surface area (Å²) < 4.78 is 0. The Kier molecular flexibility index (Phi) is 5.07. The summed E-state index contributed by atoms with van der Waals surface area (Å²) in [5.74, 6) is 0.611. The highest BCUT2D eigenvalue weighted by molar-refractivity contribution is 7.98. The first-order chi connectivity index (χ1) is 13.3. The van der Waals surface area contributed by atoms with Gasteiger partial charge in [-0.2, -0.15) is 0 Å². The van der Waals surface area contributed by atoms with Crippen LogP contribution >= 0.6 is 11.8 Å². The number of benzene rings is 3. The van der Waals surface area contributed by atoms with Crippen molar-refractivity contribution in [3.63, 3.8) is 0 Å². The number of nitrogens with zero attached hydrogens (tertiary/aromatic N) is 1. The highest BCUT2D eigenvalue weighted by Gasteiger charge is 2.06. The molecule has 3 aromatic carbocycles. The number of thioether (sulfide) groups is 1. The maximum absolute atomic E-state index is 12.2. The van der Waals surface area contributed by atoms with Gasteiger partial charge < -0.3 is 4.98 Å². The average molecular weight is 374 g/mol. The minimum absolute atomic E-state index is 0.171. The number of carbonyl (C=O) groups is 1. The molecule has 0 aliphatic rings. The number of hydrogen-bond donors (Lipinski definition) is 3. The van der Waals surface area contributed by atoms with Gasteiger partial charge in [-0.1, -0.05) is 54.2 Å². The summed E-state index contributed by atoms with van der Waals surface area (Å²) in [4.78, 5) is 20.1. The van der Waals surface area contributed by atoms with E-state index in [9.17, 15) is 4.79 Å². The molecule has 0 bridgehead atoms. The highest BCUT2D eigenvalue weighted by atomic mass is 32.2. The van der Waals surface area contributed by atoms with Crippen LogP contribution in [0.3, 0.4) is 0 Å². The lowest BCUT2D eigenvalue weighted by Crippen LogP contribution is -2.29. The molecular weight excluding hydrogens is 356 g/mol. The van der Waals surface area contributed by atoms with Crippen LogP contribution < -0.4 is 10.9 Å². The summed E-state index contributed by atoms with van der Waals surface area (Å²) in [5, 5.41) is 0.894. The third-order valence-corrected chi connectivity index (χ3v) is 5.00. The van der Waals surface area contributed by atoms with Gasteiger partial charge in [0.25, 0.3) is 5.91 Å². The van der Waals surface area contributed by atoms with Crippen molar-refractivity contribution in [3.05, 3.63) is 90.0 Å². The Bertz CT molecular complexity index is 1010. The summed E-state index contributed by atoms with van der Waals surface area (Å²) in [5.41, 5.74) is 10.2. The molecule has 0 atom stereocenters. The minimum atomic E-state index is -0.171. The van der Waals surface area contributed by atoms with E-state index in [1.165, 1.54) is 0 Å². The third-order valence-electron chi connectivity index (χ3n) is 4.05. The predicted octanol–water partition coefficient (Wildman–Crippen LogP) is 4.61. The molecule has 27 heavy (non-hydrogen) atoms. The lowest BCUT2D eigenvalue weighted by molar-refractivity contribution is 0.0962. The fourth-order valence-corrected chi connectivity index (χ4v) is 3.47. The van der Waals surface area contributed by atoms with Gasteiger partial charge in [-0.3, -0.25) is 15.6 Å². The Labute approximate surface area is 161 Å². The molecule has 1 amide bonds. The van der Waals surface area contributed by atoms with Gasteiger partial charge in [0, 0.05) is 11.3 Å². The van der Waals surface area contributed by atoms with Crippen LogP contribution in [-0.2, 0) is 5.75 Å². The number of amides is 1. The van der Waals surface area contributed by atoms with E-state index in [-0.39, 0.29) is 5.91 Å². The maximum Gasteiger partial charge on any atom is 0.269 e. The smallest absolute Gasteiger partial charge is 0.269 e. The number of carbonyl (C=O) groups excluding carboxylic acids is 1. The normalized spacial score (nSPS) is 10.7. The molecule has 1 aromatic heterocycles. The van der Waals surface area contributed by atoms with Crippen LogP contribution in [0.15, 0.2) is 84.0 Å². The fraction of sp³-hybridized carbons (Fsp3) is 0.0476. The molecule has 0 unspecified atom stereocenters. The SMILES string of the molecule is O=C(NNc1ccccc1)c1ccc(CSc2nc3ccccc3[nH]2)cc1. The van der Waals surface area contributed by atoms with Crippen LogP contribution in [0.25, 0.3) is 11.0 Å². The van der Waals surface area contributed by atoms with Gasteiger partial charge in [-0.25, -0.2) is 4.98 Å². The van der Waals surface area contributed by atoms with Crippen LogP contribution in [0, 0.1) is 0 Å². The lowest BCUT2D eigenvalue weighted by atomic mass is 10.1. The quantitative estimate of drug-likeness (QED) is 0.340. The van der Waals surface area contributed by atoms with Crippen molar-refractivity contribution >= 4 is 34.4 Å². The summed E-state index contributed by atoms with van der Waals surface area (Å²) in [6, 6.07) is 25.1. The summed E-state index contributed by atoms with van der Waals surface area (Å²) in [6.07, 6.45) is 0. The van der Waals surface area contributed by atoms with Gasteiger partial charge in [0.15, 0.2) is 5.16 Å². The van der Waals surface area contributed by atoms with E-state index in [2.05, 4.69) is 20.8 Å². The molecule has 0 spiro atoms. The number of nitrogens with one attached hydrogen (secondary N) is 3. The molecule has 6 heteroatoms. The molecule has 0 aliphatic carbocycles. The lowest BCUT2D eigenvalue weighted by Gasteiger charge is -2.08. The second-order valence-corrected chi connectivity index (χ2v) is 6.95. The van der Waals surface area contributed by atoms with E-state index in [1.54, 1.807) is 11.8 Å². The first kappa shape index (κ1) is 17.2. The molecule has 0 radical (unpaired) electrons. The number of fused-ring (bicyclic) bond motifs is 1. The van der Waals surface area contributed by atoms with Crippen molar-refractivity contribution in [1.29, 1.82) is 0 Å². The number of aromatic nitrogens is 2. The second-order valence-electron chi connectivity index (χ2n) is 5.99. The first-order valence-electron chi connectivity index (χ1n) is 8.56. The van der Waals surface area contributed by atoms with Crippen molar-refractivity contribution < 1.29 is 4.79 Å². The maximum atomic E-state index is 12.2. The van der Waals surface area contributed by atoms with E-state index in [1.807, 2.05) is 78.9 Å². The molecule has 4 rings (SSSR count). The number of hydrazine groups is 1. The summed E-state index contributed by atoms with van der Waals surface area (Å²) in [7, 11) is 0. The molecule has 0 aliphatic heterocycles. The van der Waals surface area contributed by atoms with Crippen LogP contribution in [0.4, 0.5) is 5.69 Å². The summed E-state index contributed by atoms with van der Waals surface area (Å²) in [6.45, 7) is 0. The molecule has 5 nitrogen and oxygen atoms in total. The number of hydrogen-bond acceptors (Lipinski definition) is 4. The predicted molar refractivity (Wildman–Crippen MR) is 110 cm³/mol. The van der Waals surface area contributed by atoms with Gasteiger partial charge in [0.2, 0.25) is 0 Å². The largest absolute Gasteiger partial charge is 0.333 e. The van der Waals surface area contributed by atoms with Crippen molar-refractivity contribution in [1.82, 2.24) is 15.4 Å². The topological polar surface area (TPSA) is 69.8 Å². The van der Waals surface area contributed by atoms with E-state index >= 15 is 0 Å². The molecule has 1 heterocycles. The van der Waals surface area contributed by atoms with Gasteiger partial charge in [-0.05, 0) is 42.0 Å². The number of H-pyrrole nitrogens is 1. The number of rotatable bonds is 6. The van der Waals surface area contributed by atoms with E-state index < -0.39 is 0 Å². The highest BCUT2D eigenvalue weighted by Crippen LogP contribution is 2.23. The molecule has 4 aromatic rings. The van der Waals surface area contributed by atoms with Gasteiger partial charge in [-0.15, -0.1) is 0 Å². The minimum Gasteiger partial charge on any atom is -0.333 e. The van der Waals surface area contributed by atoms with E-state index in [4.69, 9.17) is 0 Å². The van der Waals surface area contributed by atoms with Crippen molar-refractivity contribution in [3.8, 4) is 0 Å². The van der Waals surface area contributed by atoms with E-state index in [0.717, 1.165) is 33.2 Å². The Hall–Kier alpha value is -3.25. The van der Waals surface area contributed by atoms with Crippen LogP contribution in [0.1, 0.15) is 15.9 Å². The molecule has 0 fully saturated rings. The number of para-hydroxylation sites is 3. The second kappa shape index (κ2) is 7.97. The van der Waals surface area contributed by atoms with Crippen molar-refractivity contribution in [2.24, 2.45) is 0 Å². The molecule has 0 saturated carbocycles. The zero-order valence-electron chi connectivity index (χ0n) is 14.5. The summed E-state index contributed by atoms with van der Waals surface area (Å²) >= 11 is 1.64. The molecular formula is C21H18N4OS. The Morgan fingerprint density at radius 1 is 0.926 bits per heavy atom. The van der Waals surface area contributed by atoms with Crippen molar-refractivity contribution in [2.45, 2.75) is 10.9 Å². The Morgan fingerprint density at radius 3 is 2.44 bits per heavy atom. The molecule has 3 N–H and O–H groups in total. The van der Waals surface area contributed by atoms with Crippen LogP contribution in [0.2, 0.25) is 0 Å². The number of imidazole rings is 1. The monoisotopic (exact) mass is 374 g/mol. The Balaban J connectivity index is 1.33. The van der Waals surface area contributed by atoms with Gasteiger partial charge >= 0.3 is 0 Å². The van der Waals surface area contributed by atoms with E-state index in [0.29, 0.717) is 5.56 Å². The van der Waals surface area contributed by atoms with Crippen LogP contribution in [0.5, 0.6) is 0 Å². The number of aromatic amines is 1. The first-order valence-corrected chi connectivity index (χ1v) is 9.54.